The highest BCUT2D eigenvalue weighted by molar-refractivity contribution is 14.0. The van der Waals surface area contributed by atoms with Gasteiger partial charge in [-0.2, -0.15) is 0 Å². The van der Waals surface area contributed by atoms with Crippen LogP contribution in [0.5, 0.6) is 5.75 Å². The lowest BCUT2D eigenvalue weighted by atomic mass is 10.1. The Morgan fingerprint density at radius 1 is 1.15 bits per heavy atom. The summed E-state index contributed by atoms with van der Waals surface area (Å²) in [5.74, 6) is 0.457. The van der Waals surface area contributed by atoms with E-state index in [4.69, 9.17) is 11.6 Å². The maximum absolute atomic E-state index is 12.0. The molecule has 146 valence electrons. The average Bonchev–Trinajstić information content (AvgIpc) is 2.62. The van der Waals surface area contributed by atoms with Crippen LogP contribution in [0.15, 0.2) is 53.5 Å². The Kier molecular flexibility index (Phi) is 9.95. The summed E-state index contributed by atoms with van der Waals surface area (Å²) in [7, 11) is 0. The molecular formula is C19H24ClIN4O2. The molecule has 1 unspecified atom stereocenters. The molecule has 6 nitrogen and oxygen atoms in total. The van der Waals surface area contributed by atoms with Crippen molar-refractivity contribution in [2.45, 2.75) is 19.9 Å². The second-order valence-electron chi connectivity index (χ2n) is 5.71. The van der Waals surface area contributed by atoms with E-state index in [-0.39, 0.29) is 48.2 Å². The SMILES string of the molecule is CCNC(=NCC(=O)Nc1ccc(O)cc1)NC(C)c1ccc(Cl)cc1.I. The van der Waals surface area contributed by atoms with Crippen LogP contribution in [-0.2, 0) is 4.79 Å². The summed E-state index contributed by atoms with van der Waals surface area (Å²) in [5, 5.41) is 19.1. The van der Waals surface area contributed by atoms with Crippen molar-refractivity contribution in [3.8, 4) is 5.75 Å². The Labute approximate surface area is 181 Å². The second kappa shape index (κ2) is 11.7. The molecule has 0 radical (unpaired) electrons. The number of carbonyl (C=O) groups excluding carboxylic acids is 1. The van der Waals surface area contributed by atoms with Gasteiger partial charge in [-0.1, -0.05) is 23.7 Å². The third-order valence-corrected chi connectivity index (χ3v) is 3.85. The number of rotatable bonds is 6. The number of guanidine groups is 1. The Morgan fingerprint density at radius 3 is 2.37 bits per heavy atom. The molecular weight excluding hydrogens is 479 g/mol. The van der Waals surface area contributed by atoms with Gasteiger partial charge in [-0.3, -0.25) is 4.79 Å². The molecule has 2 rings (SSSR count). The van der Waals surface area contributed by atoms with E-state index in [1.54, 1.807) is 12.1 Å². The summed E-state index contributed by atoms with van der Waals surface area (Å²) in [6, 6.07) is 13.9. The van der Waals surface area contributed by atoms with Gasteiger partial charge in [-0.05, 0) is 55.8 Å². The van der Waals surface area contributed by atoms with E-state index in [0.717, 1.165) is 5.56 Å². The van der Waals surface area contributed by atoms with E-state index in [0.29, 0.717) is 23.2 Å². The summed E-state index contributed by atoms with van der Waals surface area (Å²) in [4.78, 5) is 16.4. The normalized spacial score (nSPS) is 11.9. The van der Waals surface area contributed by atoms with Crippen molar-refractivity contribution in [3.63, 3.8) is 0 Å². The lowest BCUT2D eigenvalue weighted by Gasteiger charge is -2.18. The first-order valence-corrected chi connectivity index (χ1v) is 8.75. The zero-order valence-electron chi connectivity index (χ0n) is 15.2. The van der Waals surface area contributed by atoms with E-state index < -0.39 is 0 Å². The van der Waals surface area contributed by atoms with E-state index in [1.165, 1.54) is 12.1 Å². The van der Waals surface area contributed by atoms with Gasteiger partial charge in [0.05, 0.1) is 6.04 Å². The van der Waals surface area contributed by atoms with Gasteiger partial charge in [0.1, 0.15) is 12.3 Å². The third-order valence-electron chi connectivity index (χ3n) is 3.60. The number of hydrogen-bond donors (Lipinski definition) is 4. The van der Waals surface area contributed by atoms with E-state index in [1.807, 2.05) is 38.1 Å². The quantitative estimate of drug-likeness (QED) is 0.209. The Morgan fingerprint density at radius 2 is 1.78 bits per heavy atom. The predicted molar refractivity (Wildman–Crippen MR) is 121 cm³/mol. The number of hydrogen-bond acceptors (Lipinski definition) is 3. The second-order valence-corrected chi connectivity index (χ2v) is 6.14. The molecule has 0 saturated heterocycles. The van der Waals surface area contributed by atoms with Gasteiger partial charge in [-0.25, -0.2) is 4.99 Å². The molecule has 0 bridgehead atoms. The maximum Gasteiger partial charge on any atom is 0.246 e. The topological polar surface area (TPSA) is 85.8 Å². The Hall–Kier alpha value is -2.00. The largest absolute Gasteiger partial charge is 0.508 e. The fraction of sp³-hybridized carbons (Fsp3) is 0.263. The standard InChI is InChI=1S/C19H23ClN4O2.HI/c1-3-21-19(23-13(2)14-4-6-15(20)7-5-14)22-12-18(26)24-16-8-10-17(25)11-9-16;/h4-11,13,25H,3,12H2,1-2H3,(H,24,26)(H2,21,22,23);1H. The zero-order valence-corrected chi connectivity index (χ0v) is 18.3. The van der Waals surface area contributed by atoms with Crippen LogP contribution in [0.25, 0.3) is 0 Å². The van der Waals surface area contributed by atoms with Crippen molar-refractivity contribution in [2.75, 3.05) is 18.4 Å². The van der Waals surface area contributed by atoms with Crippen LogP contribution in [0, 0.1) is 0 Å². The van der Waals surface area contributed by atoms with Gasteiger partial charge in [-0.15, -0.1) is 24.0 Å². The van der Waals surface area contributed by atoms with Crippen LogP contribution in [-0.4, -0.2) is 30.1 Å². The molecule has 0 saturated carbocycles. The van der Waals surface area contributed by atoms with Crippen molar-refractivity contribution >= 4 is 53.1 Å². The minimum atomic E-state index is -0.243. The van der Waals surface area contributed by atoms with Crippen molar-refractivity contribution in [1.82, 2.24) is 10.6 Å². The number of anilines is 1. The Bertz CT molecular complexity index is 751. The van der Waals surface area contributed by atoms with Crippen LogP contribution in [0.3, 0.4) is 0 Å². The van der Waals surface area contributed by atoms with Crippen molar-refractivity contribution in [1.29, 1.82) is 0 Å². The summed E-state index contributed by atoms with van der Waals surface area (Å²) in [6.07, 6.45) is 0. The molecule has 0 aromatic heterocycles. The number of nitrogens with one attached hydrogen (secondary N) is 3. The minimum Gasteiger partial charge on any atom is -0.508 e. The van der Waals surface area contributed by atoms with Crippen molar-refractivity contribution in [3.05, 3.63) is 59.1 Å². The first-order valence-electron chi connectivity index (χ1n) is 8.37. The highest BCUT2D eigenvalue weighted by Crippen LogP contribution is 2.16. The molecule has 0 heterocycles. The number of nitrogens with zero attached hydrogens (tertiary/aromatic N) is 1. The number of benzene rings is 2. The molecule has 1 amide bonds. The molecule has 1 atom stereocenters. The van der Waals surface area contributed by atoms with Gasteiger partial charge in [0, 0.05) is 17.3 Å². The van der Waals surface area contributed by atoms with Crippen LogP contribution in [0.4, 0.5) is 5.69 Å². The highest BCUT2D eigenvalue weighted by atomic mass is 127. The fourth-order valence-electron chi connectivity index (χ4n) is 2.26. The number of phenols is 1. The van der Waals surface area contributed by atoms with E-state index >= 15 is 0 Å². The molecule has 0 fully saturated rings. The van der Waals surface area contributed by atoms with Crippen LogP contribution >= 0.6 is 35.6 Å². The number of amides is 1. The number of carbonyl (C=O) groups is 1. The molecule has 0 spiro atoms. The van der Waals surface area contributed by atoms with Gasteiger partial charge >= 0.3 is 0 Å². The van der Waals surface area contributed by atoms with Gasteiger partial charge < -0.3 is 21.1 Å². The number of aromatic hydroxyl groups is 1. The number of aliphatic imine (C=N–C) groups is 1. The molecule has 2 aromatic rings. The molecule has 0 aliphatic rings. The first kappa shape index (κ1) is 23.0. The molecule has 0 aliphatic heterocycles. The summed E-state index contributed by atoms with van der Waals surface area (Å²) in [5.41, 5.74) is 1.67. The Balaban J connectivity index is 0.00000364. The molecule has 0 aliphatic carbocycles. The zero-order chi connectivity index (χ0) is 18.9. The minimum absolute atomic E-state index is 0. The lowest BCUT2D eigenvalue weighted by Crippen LogP contribution is -2.39. The summed E-state index contributed by atoms with van der Waals surface area (Å²) >= 11 is 5.92. The van der Waals surface area contributed by atoms with Crippen LogP contribution in [0.2, 0.25) is 5.02 Å². The van der Waals surface area contributed by atoms with E-state index in [9.17, 15) is 9.90 Å². The fourth-order valence-corrected chi connectivity index (χ4v) is 2.38. The number of phenolic OH excluding ortho intramolecular Hbond substituents is 1. The monoisotopic (exact) mass is 502 g/mol. The third kappa shape index (κ3) is 8.04. The lowest BCUT2D eigenvalue weighted by molar-refractivity contribution is -0.114. The van der Waals surface area contributed by atoms with Crippen LogP contribution < -0.4 is 16.0 Å². The predicted octanol–water partition coefficient (Wildman–Crippen LogP) is 3.92. The summed E-state index contributed by atoms with van der Waals surface area (Å²) < 4.78 is 0. The average molecular weight is 503 g/mol. The van der Waals surface area contributed by atoms with Crippen molar-refractivity contribution < 1.29 is 9.90 Å². The van der Waals surface area contributed by atoms with Gasteiger partial charge in [0.2, 0.25) is 5.91 Å². The molecule has 4 N–H and O–H groups in total. The molecule has 8 heteroatoms. The van der Waals surface area contributed by atoms with Gasteiger partial charge in [0.25, 0.3) is 0 Å². The van der Waals surface area contributed by atoms with Crippen LogP contribution in [0.1, 0.15) is 25.5 Å². The summed E-state index contributed by atoms with van der Waals surface area (Å²) in [6.45, 7) is 4.62. The smallest absolute Gasteiger partial charge is 0.246 e. The molecule has 2 aromatic carbocycles. The van der Waals surface area contributed by atoms with Crippen molar-refractivity contribution in [2.24, 2.45) is 4.99 Å². The molecule has 27 heavy (non-hydrogen) atoms. The van der Waals surface area contributed by atoms with Gasteiger partial charge in [0.15, 0.2) is 5.96 Å². The maximum atomic E-state index is 12.0. The highest BCUT2D eigenvalue weighted by Gasteiger charge is 2.09. The van der Waals surface area contributed by atoms with E-state index in [2.05, 4.69) is 20.9 Å². The first-order chi connectivity index (χ1) is 12.5. The number of halogens is 2.